The van der Waals surface area contributed by atoms with Crippen molar-refractivity contribution in [3.05, 3.63) is 64.9 Å². The SMILES string of the molecule is CC[C@@H](CNC(=O)CCn1c(-c2ccc(OC)cc2)n[nH]c1=S)c1ccccc1. The fourth-order valence-electron chi connectivity index (χ4n) is 3.25. The molecule has 0 aliphatic rings. The lowest BCUT2D eigenvalue weighted by molar-refractivity contribution is -0.121. The number of aromatic amines is 1. The van der Waals surface area contributed by atoms with Crippen molar-refractivity contribution in [2.45, 2.75) is 32.2 Å². The molecule has 1 heterocycles. The molecule has 1 aromatic heterocycles. The summed E-state index contributed by atoms with van der Waals surface area (Å²) >= 11 is 5.35. The van der Waals surface area contributed by atoms with Gasteiger partial charge in [0.1, 0.15) is 5.75 Å². The van der Waals surface area contributed by atoms with Gasteiger partial charge in [0.2, 0.25) is 5.91 Å². The van der Waals surface area contributed by atoms with E-state index in [9.17, 15) is 4.79 Å². The van der Waals surface area contributed by atoms with E-state index in [1.165, 1.54) is 5.56 Å². The Morgan fingerprint density at radius 1 is 1.21 bits per heavy atom. The van der Waals surface area contributed by atoms with Crippen molar-refractivity contribution in [3.8, 4) is 17.1 Å². The molecule has 0 aliphatic carbocycles. The Hall–Kier alpha value is -2.93. The molecule has 0 fully saturated rings. The van der Waals surface area contributed by atoms with Gasteiger partial charge in [0, 0.05) is 31.0 Å². The molecule has 6 nitrogen and oxygen atoms in total. The lowest BCUT2D eigenvalue weighted by Crippen LogP contribution is -2.29. The Labute approximate surface area is 175 Å². The molecule has 0 unspecified atom stereocenters. The van der Waals surface area contributed by atoms with E-state index in [4.69, 9.17) is 17.0 Å². The molecule has 1 amide bonds. The predicted octanol–water partition coefficient (Wildman–Crippen LogP) is 4.32. The number of amides is 1. The lowest BCUT2D eigenvalue weighted by atomic mass is 9.96. The number of H-pyrrole nitrogens is 1. The minimum absolute atomic E-state index is 0.00293. The number of rotatable bonds is 9. The second kappa shape index (κ2) is 10.0. The summed E-state index contributed by atoms with van der Waals surface area (Å²) in [5.41, 5.74) is 2.16. The molecule has 1 atom stereocenters. The fraction of sp³-hybridized carbons (Fsp3) is 0.318. The smallest absolute Gasteiger partial charge is 0.221 e. The Morgan fingerprint density at radius 2 is 1.93 bits per heavy atom. The van der Waals surface area contributed by atoms with E-state index in [2.05, 4.69) is 34.6 Å². The van der Waals surface area contributed by atoms with Crippen molar-refractivity contribution >= 4 is 18.1 Å². The van der Waals surface area contributed by atoms with Gasteiger partial charge in [0.05, 0.1) is 7.11 Å². The summed E-state index contributed by atoms with van der Waals surface area (Å²) in [6.45, 7) is 3.22. The monoisotopic (exact) mass is 410 g/mol. The number of carbonyl (C=O) groups is 1. The second-order valence-corrected chi connectivity index (χ2v) is 7.19. The van der Waals surface area contributed by atoms with Crippen LogP contribution in [-0.4, -0.2) is 34.3 Å². The number of hydrogen-bond acceptors (Lipinski definition) is 4. The maximum Gasteiger partial charge on any atom is 0.221 e. The summed E-state index contributed by atoms with van der Waals surface area (Å²) in [6.07, 6.45) is 1.31. The van der Waals surface area contributed by atoms with Gasteiger partial charge >= 0.3 is 0 Å². The molecule has 2 N–H and O–H groups in total. The first-order chi connectivity index (χ1) is 14.1. The minimum Gasteiger partial charge on any atom is -0.497 e. The van der Waals surface area contributed by atoms with E-state index in [-0.39, 0.29) is 5.91 Å². The highest BCUT2D eigenvalue weighted by Gasteiger charge is 2.13. The van der Waals surface area contributed by atoms with Crippen molar-refractivity contribution in [1.82, 2.24) is 20.1 Å². The average Bonchev–Trinajstić information content (AvgIpc) is 3.13. The van der Waals surface area contributed by atoms with Gasteiger partial charge in [-0.3, -0.25) is 14.5 Å². The van der Waals surface area contributed by atoms with Crippen LogP contribution in [0.25, 0.3) is 11.4 Å². The highest BCUT2D eigenvalue weighted by molar-refractivity contribution is 7.71. The van der Waals surface area contributed by atoms with Gasteiger partial charge in [-0.2, -0.15) is 5.10 Å². The van der Waals surface area contributed by atoms with E-state index in [0.29, 0.717) is 36.0 Å². The summed E-state index contributed by atoms with van der Waals surface area (Å²) < 4.78 is 7.55. The van der Waals surface area contributed by atoms with Gasteiger partial charge in [0.25, 0.3) is 0 Å². The van der Waals surface area contributed by atoms with E-state index < -0.39 is 0 Å². The van der Waals surface area contributed by atoms with Gasteiger partial charge in [-0.25, -0.2) is 0 Å². The Bertz CT molecular complexity index is 980. The number of hydrogen-bond donors (Lipinski definition) is 2. The van der Waals surface area contributed by atoms with E-state index >= 15 is 0 Å². The molecule has 152 valence electrons. The first-order valence-corrected chi connectivity index (χ1v) is 10.1. The van der Waals surface area contributed by atoms with E-state index in [1.54, 1.807) is 7.11 Å². The topological polar surface area (TPSA) is 71.9 Å². The Balaban J connectivity index is 1.60. The molecule has 0 aliphatic heterocycles. The molecule has 0 spiro atoms. The number of nitrogens with zero attached hydrogens (tertiary/aromatic N) is 2. The molecule has 0 bridgehead atoms. The van der Waals surface area contributed by atoms with Crippen LogP contribution in [-0.2, 0) is 11.3 Å². The van der Waals surface area contributed by atoms with Crippen LogP contribution in [0, 0.1) is 4.77 Å². The normalized spacial score (nSPS) is 11.8. The van der Waals surface area contributed by atoms with Crippen LogP contribution in [0.3, 0.4) is 0 Å². The first-order valence-electron chi connectivity index (χ1n) is 9.73. The van der Waals surface area contributed by atoms with Crippen molar-refractivity contribution in [3.63, 3.8) is 0 Å². The zero-order valence-corrected chi connectivity index (χ0v) is 17.5. The maximum atomic E-state index is 12.4. The van der Waals surface area contributed by atoms with Crippen LogP contribution in [0.15, 0.2) is 54.6 Å². The summed E-state index contributed by atoms with van der Waals surface area (Å²) in [6, 6.07) is 17.9. The highest BCUT2D eigenvalue weighted by Crippen LogP contribution is 2.21. The summed E-state index contributed by atoms with van der Waals surface area (Å²) in [5, 5.41) is 10.2. The third-order valence-corrected chi connectivity index (χ3v) is 5.29. The van der Waals surface area contributed by atoms with Crippen LogP contribution in [0.4, 0.5) is 0 Å². The Kier molecular flexibility index (Phi) is 7.19. The molecule has 2 aromatic carbocycles. The van der Waals surface area contributed by atoms with Gasteiger partial charge in [-0.15, -0.1) is 0 Å². The number of nitrogens with one attached hydrogen (secondary N) is 2. The number of aromatic nitrogens is 3. The van der Waals surface area contributed by atoms with Gasteiger partial charge in [0.15, 0.2) is 10.6 Å². The molecular weight excluding hydrogens is 384 g/mol. The fourth-order valence-corrected chi connectivity index (χ4v) is 3.47. The molecule has 3 rings (SSSR count). The first kappa shape index (κ1) is 20.8. The summed E-state index contributed by atoms with van der Waals surface area (Å²) in [7, 11) is 1.63. The Morgan fingerprint density at radius 3 is 2.59 bits per heavy atom. The van der Waals surface area contributed by atoms with Gasteiger partial charge in [-0.1, -0.05) is 37.3 Å². The molecule has 0 saturated carbocycles. The van der Waals surface area contributed by atoms with Crippen LogP contribution in [0.1, 0.15) is 31.2 Å². The third-order valence-electron chi connectivity index (χ3n) is 4.98. The molecule has 3 aromatic rings. The zero-order chi connectivity index (χ0) is 20.6. The quantitative estimate of drug-likeness (QED) is 0.516. The highest BCUT2D eigenvalue weighted by atomic mass is 32.1. The lowest BCUT2D eigenvalue weighted by Gasteiger charge is -2.16. The van der Waals surface area contributed by atoms with Crippen molar-refractivity contribution in [2.75, 3.05) is 13.7 Å². The van der Waals surface area contributed by atoms with Crippen molar-refractivity contribution in [1.29, 1.82) is 0 Å². The molecule has 0 radical (unpaired) electrons. The third kappa shape index (κ3) is 5.32. The minimum atomic E-state index is 0.00293. The van der Waals surface area contributed by atoms with Crippen LogP contribution >= 0.6 is 12.2 Å². The molecule has 0 saturated heterocycles. The largest absolute Gasteiger partial charge is 0.497 e. The van der Waals surface area contributed by atoms with Crippen LogP contribution < -0.4 is 10.1 Å². The second-order valence-electron chi connectivity index (χ2n) is 6.80. The zero-order valence-electron chi connectivity index (χ0n) is 16.7. The van der Waals surface area contributed by atoms with Gasteiger partial charge in [-0.05, 0) is 48.5 Å². The van der Waals surface area contributed by atoms with Gasteiger partial charge < -0.3 is 10.1 Å². The molecule has 7 heteroatoms. The number of benzene rings is 2. The van der Waals surface area contributed by atoms with E-state index in [1.807, 2.05) is 47.0 Å². The van der Waals surface area contributed by atoms with Crippen LogP contribution in [0.5, 0.6) is 5.75 Å². The maximum absolute atomic E-state index is 12.4. The van der Waals surface area contributed by atoms with Crippen molar-refractivity contribution in [2.24, 2.45) is 0 Å². The molecule has 29 heavy (non-hydrogen) atoms. The summed E-state index contributed by atoms with van der Waals surface area (Å²) in [4.78, 5) is 12.4. The number of carbonyl (C=O) groups excluding carboxylic acids is 1. The van der Waals surface area contributed by atoms with E-state index in [0.717, 1.165) is 17.7 Å². The van der Waals surface area contributed by atoms with Crippen molar-refractivity contribution < 1.29 is 9.53 Å². The van der Waals surface area contributed by atoms with Crippen LogP contribution in [0.2, 0.25) is 0 Å². The summed E-state index contributed by atoms with van der Waals surface area (Å²) in [5.74, 6) is 1.80. The molecular formula is C22H26N4O2S. The predicted molar refractivity (Wildman–Crippen MR) is 117 cm³/mol. The average molecular weight is 411 g/mol. The number of ether oxygens (including phenoxy) is 1. The number of methoxy groups -OCH3 is 1. The standard InChI is InChI=1S/C22H26N4O2S/c1-3-16(17-7-5-4-6-8-17)15-23-20(27)13-14-26-21(24-25-22(26)29)18-9-11-19(28-2)12-10-18/h4-12,16H,3,13-15H2,1-2H3,(H,23,27)(H,25,29)/t16-/m0/s1.